The van der Waals surface area contributed by atoms with E-state index in [0.717, 1.165) is 13.1 Å². The molecule has 1 rings (SSSR count). The smallest absolute Gasteiger partial charge is 0.0113 e. The van der Waals surface area contributed by atoms with Gasteiger partial charge in [-0.2, -0.15) is 16.6 Å². The molecule has 0 aliphatic carbocycles. The van der Waals surface area contributed by atoms with Crippen molar-refractivity contribution >= 4 is 0 Å². The SMILES string of the molecule is C1CCCCNNNNNCCC1. The molecule has 0 amide bonds. The number of nitrogens with one attached hydrogen (secondary N) is 5. The summed E-state index contributed by atoms with van der Waals surface area (Å²) in [6.07, 6.45) is 7.86. The fraction of sp³-hybridized carbons (Fsp3) is 1.00. The van der Waals surface area contributed by atoms with Crippen LogP contribution in [0.5, 0.6) is 0 Å². The molecule has 5 nitrogen and oxygen atoms in total. The van der Waals surface area contributed by atoms with Gasteiger partial charge in [0.05, 0.1) is 0 Å². The minimum atomic E-state index is 1.01. The highest BCUT2D eigenvalue weighted by atomic mass is 15.8. The van der Waals surface area contributed by atoms with Crippen LogP contribution in [0.2, 0.25) is 0 Å². The van der Waals surface area contributed by atoms with Crippen molar-refractivity contribution in [2.24, 2.45) is 0 Å². The van der Waals surface area contributed by atoms with Crippen LogP contribution in [0.1, 0.15) is 38.5 Å². The lowest BCUT2D eigenvalue weighted by atomic mass is 10.1. The lowest BCUT2D eigenvalue weighted by Gasteiger charge is -2.09. The van der Waals surface area contributed by atoms with Crippen molar-refractivity contribution in [2.75, 3.05) is 13.1 Å². The number of hydrogen-bond acceptors (Lipinski definition) is 5. The van der Waals surface area contributed by atoms with Crippen LogP contribution in [0.3, 0.4) is 0 Å². The van der Waals surface area contributed by atoms with Crippen LogP contribution >= 0.6 is 0 Å². The quantitative estimate of drug-likeness (QED) is 0.368. The Morgan fingerprint density at radius 2 is 0.923 bits per heavy atom. The Balaban J connectivity index is 2.01. The van der Waals surface area contributed by atoms with E-state index in [2.05, 4.69) is 27.5 Å². The third-order valence-corrected chi connectivity index (χ3v) is 2.16. The average Bonchev–Trinajstić information content (AvgIpc) is 2.18. The van der Waals surface area contributed by atoms with Crippen molar-refractivity contribution in [1.29, 1.82) is 0 Å². The molecule has 1 heterocycles. The molecule has 13 heavy (non-hydrogen) atoms. The molecule has 0 aromatic heterocycles. The van der Waals surface area contributed by atoms with E-state index >= 15 is 0 Å². The maximum Gasteiger partial charge on any atom is 0.0113 e. The minimum absolute atomic E-state index is 1.01. The van der Waals surface area contributed by atoms with Crippen LogP contribution in [0.15, 0.2) is 0 Å². The van der Waals surface area contributed by atoms with Gasteiger partial charge < -0.3 is 0 Å². The average molecular weight is 187 g/mol. The van der Waals surface area contributed by atoms with Gasteiger partial charge in [0.25, 0.3) is 0 Å². The summed E-state index contributed by atoms with van der Waals surface area (Å²) in [5.74, 6) is 0. The van der Waals surface area contributed by atoms with E-state index in [1.54, 1.807) is 0 Å². The third kappa shape index (κ3) is 6.92. The molecule has 1 saturated heterocycles. The normalized spacial score (nSPS) is 24.0. The van der Waals surface area contributed by atoms with Gasteiger partial charge in [0, 0.05) is 13.1 Å². The van der Waals surface area contributed by atoms with Crippen molar-refractivity contribution in [2.45, 2.75) is 38.5 Å². The van der Waals surface area contributed by atoms with E-state index in [0.29, 0.717) is 0 Å². The maximum absolute atomic E-state index is 3.06. The summed E-state index contributed by atoms with van der Waals surface area (Å²) in [5, 5.41) is 0. The fourth-order valence-corrected chi connectivity index (χ4v) is 1.38. The van der Waals surface area contributed by atoms with Crippen LogP contribution in [-0.4, -0.2) is 13.1 Å². The van der Waals surface area contributed by atoms with Crippen LogP contribution in [0.25, 0.3) is 0 Å². The first-order chi connectivity index (χ1) is 6.50. The van der Waals surface area contributed by atoms with Crippen molar-refractivity contribution < 1.29 is 0 Å². The van der Waals surface area contributed by atoms with E-state index in [-0.39, 0.29) is 0 Å². The number of hydrazine groups is 4. The van der Waals surface area contributed by atoms with Crippen LogP contribution in [0, 0.1) is 0 Å². The highest BCUT2D eigenvalue weighted by Crippen LogP contribution is 2.03. The zero-order valence-corrected chi connectivity index (χ0v) is 8.16. The van der Waals surface area contributed by atoms with Crippen molar-refractivity contribution in [3.05, 3.63) is 0 Å². The second-order valence-electron chi connectivity index (χ2n) is 3.35. The number of hydrogen-bond donors (Lipinski definition) is 5. The van der Waals surface area contributed by atoms with Crippen molar-refractivity contribution in [3.63, 3.8) is 0 Å². The van der Waals surface area contributed by atoms with Crippen molar-refractivity contribution in [3.8, 4) is 0 Å². The molecule has 0 unspecified atom stereocenters. The summed E-state index contributed by atoms with van der Waals surface area (Å²) in [7, 11) is 0. The van der Waals surface area contributed by atoms with Gasteiger partial charge in [-0.05, 0) is 12.8 Å². The summed E-state index contributed by atoms with van der Waals surface area (Å²) >= 11 is 0. The first-order valence-corrected chi connectivity index (χ1v) is 5.21. The molecule has 1 aliphatic rings. The first kappa shape index (κ1) is 10.9. The molecule has 0 radical (unpaired) electrons. The van der Waals surface area contributed by atoms with Crippen LogP contribution < -0.4 is 27.5 Å². The van der Waals surface area contributed by atoms with E-state index in [1.165, 1.54) is 38.5 Å². The number of rotatable bonds is 0. The predicted molar refractivity (Wildman–Crippen MR) is 53.1 cm³/mol. The Hall–Kier alpha value is -0.200. The lowest BCUT2D eigenvalue weighted by Crippen LogP contribution is -2.55. The molecule has 78 valence electrons. The van der Waals surface area contributed by atoms with E-state index in [9.17, 15) is 0 Å². The molecule has 0 saturated carbocycles. The van der Waals surface area contributed by atoms with Gasteiger partial charge in [-0.15, -0.1) is 0 Å². The minimum Gasteiger partial charge on any atom is -0.243 e. The van der Waals surface area contributed by atoms with Gasteiger partial charge in [-0.3, -0.25) is 0 Å². The monoisotopic (exact) mass is 187 g/mol. The van der Waals surface area contributed by atoms with E-state index in [4.69, 9.17) is 0 Å². The van der Waals surface area contributed by atoms with Gasteiger partial charge in [-0.25, -0.2) is 10.9 Å². The molecule has 0 aromatic rings. The fourth-order valence-electron chi connectivity index (χ4n) is 1.38. The van der Waals surface area contributed by atoms with Crippen LogP contribution in [0.4, 0.5) is 0 Å². The first-order valence-electron chi connectivity index (χ1n) is 5.21. The van der Waals surface area contributed by atoms with Gasteiger partial charge in [0.2, 0.25) is 0 Å². The zero-order valence-electron chi connectivity index (χ0n) is 8.16. The molecule has 1 fully saturated rings. The van der Waals surface area contributed by atoms with E-state index in [1.807, 2.05) is 0 Å². The molecule has 0 spiro atoms. The molecule has 1 aliphatic heterocycles. The van der Waals surface area contributed by atoms with Gasteiger partial charge in [0.15, 0.2) is 0 Å². The summed E-state index contributed by atoms with van der Waals surface area (Å²) < 4.78 is 0. The summed E-state index contributed by atoms with van der Waals surface area (Å²) in [4.78, 5) is 0. The second-order valence-corrected chi connectivity index (χ2v) is 3.35. The zero-order chi connectivity index (χ0) is 9.19. The molecular weight excluding hydrogens is 166 g/mol. The molecule has 5 N–H and O–H groups in total. The van der Waals surface area contributed by atoms with Crippen molar-refractivity contribution in [1.82, 2.24) is 27.5 Å². The van der Waals surface area contributed by atoms with Gasteiger partial charge in [-0.1, -0.05) is 25.7 Å². The standard InChI is InChI=1S/C8H21N5/c1-2-4-6-8-10-12-13-11-9-7-5-3-1/h9-13H,1-8H2. The van der Waals surface area contributed by atoms with E-state index < -0.39 is 0 Å². The molecule has 0 aromatic carbocycles. The molecule has 0 bridgehead atoms. The largest absolute Gasteiger partial charge is 0.243 e. The Morgan fingerprint density at radius 1 is 0.462 bits per heavy atom. The Kier molecular flexibility index (Phi) is 7.03. The maximum atomic E-state index is 3.06. The van der Waals surface area contributed by atoms with Gasteiger partial charge >= 0.3 is 0 Å². The Labute approximate surface area is 79.9 Å². The molecule has 0 atom stereocenters. The highest BCUT2D eigenvalue weighted by molar-refractivity contribution is 4.48. The van der Waals surface area contributed by atoms with Crippen LogP contribution in [-0.2, 0) is 0 Å². The predicted octanol–water partition coefficient (Wildman–Crippen LogP) is -0.0514. The third-order valence-electron chi connectivity index (χ3n) is 2.16. The van der Waals surface area contributed by atoms with Gasteiger partial charge in [0.1, 0.15) is 0 Å². The summed E-state index contributed by atoms with van der Waals surface area (Å²) in [5.41, 5.74) is 14.6. The summed E-state index contributed by atoms with van der Waals surface area (Å²) in [6.45, 7) is 2.02. The summed E-state index contributed by atoms with van der Waals surface area (Å²) in [6, 6.07) is 0. The highest BCUT2D eigenvalue weighted by Gasteiger charge is 1.93. The Bertz CT molecular complexity index is 60.6. The topological polar surface area (TPSA) is 60.1 Å². The molecule has 5 heteroatoms. The second kappa shape index (κ2) is 8.40. The Morgan fingerprint density at radius 3 is 1.46 bits per heavy atom. The lowest BCUT2D eigenvalue weighted by molar-refractivity contribution is 0.324. The molecular formula is C8H21N5.